The van der Waals surface area contributed by atoms with Gasteiger partial charge in [-0.25, -0.2) is 0 Å². The zero-order valence-corrected chi connectivity index (χ0v) is 7.23. The summed E-state index contributed by atoms with van der Waals surface area (Å²) in [5.41, 5.74) is 1.41. The van der Waals surface area contributed by atoms with Gasteiger partial charge >= 0.3 is 0 Å². The van der Waals surface area contributed by atoms with Crippen molar-refractivity contribution in [3.63, 3.8) is 0 Å². The number of hydrogen-bond acceptors (Lipinski definition) is 2. The molecule has 0 aliphatic heterocycles. The summed E-state index contributed by atoms with van der Waals surface area (Å²) in [7, 11) is 0. The zero-order valence-electron chi connectivity index (χ0n) is 6.42. The van der Waals surface area contributed by atoms with Crippen molar-refractivity contribution in [2.24, 2.45) is 0 Å². The van der Waals surface area contributed by atoms with Gasteiger partial charge in [-0.1, -0.05) is 0 Å². The van der Waals surface area contributed by atoms with Crippen LogP contribution in [0, 0.1) is 0 Å². The maximum Gasteiger partial charge on any atom is 0.0500 e. The first kappa shape index (κ1) is 7.32. The second-order valence-corrected chi connectivity index (χ2v) is 4.07. The van der Waals surface area contributed by atoms with E-state index in [9.17, 15) is 0 Å². The topological polar surface area (TPSA) is 20.2 Å². The number of aliphatic hydroxyl groups is 1. The third-order valence-corrected chi connectivity index (χ3v) is 3.39. The van der Waals surface area contributed by atoms with Crippen LogP contribution in [0.1, 0.15) is 29.2 Å². The monoisotopic (exact) mass is 168 g/mol. The van der Waals surface area contributed by atoms with Crippen LogP contribution in [0.25, 0.3) is 0 Å². The first-order chi connectivity index (χ1) is 5.42. The van der Waals surface area contributed by atoms with Gasteiger partial charge in [0.1, 0.15) is 0 Å². The molecule has 1 aliphatic carbocycles. The summed E-state index contributed by atoms with van der Waals surface area (Å²) in [6.07, 6.45) is 3.64. The van der Waals surface area contributed by atoms with E-state index < -0.39 is 0 Å². The lowest BCUT2D eigenvalue weighted by molar-refractivity contribution is 0.253. The Morgan fingerprint density at radius 2 is 2.55 bits per heavy atom. The van der Waals surface area contributed by atoms with Crippen LogP contribution in [0.4, 0.5) is 0 Å². The number of aryl methyl sites for hydroxylation is 1. The van der Waals surface area contributed by atoms with Crippen LogP contribution in [0.2, 0.25) is 0 Å². The van der Waals surface area contributed by atoms with Gasteiger partial charge in [-0.2, -0.15) is 0 Å². The van der Waals surface area contributed by atoms with Crippen molar-refractivity contribution in [2.75, 3.05) is 6.61 Å². The minimum absolute atomic E-state index is 0.323. The van der Waals surface area contributed by atoms with Gasteiger partial charge in [-0.3, -0.25) is 0 Å². The van der Waals surface area contributed by atoms with E-state index in [4.69, 9.17) is 5.11 Å². The molecule has 0 saturated carbocycles. The molecule has 2 heteroatoms. The largest absolute Gasteiger partial charge is 0.396 e. The third-order valence-electron chi connectivity index (χ3n) is 2.40. The number of thiophene rings is 1. The molecule has 1 N–H and O–H groups in total. The SMILES string of the molecule is OCC1CCCc2sccc21. The van der Waals surface area contributed by atoms with Crippen LogP contribution in [-0.4, -0.2) is 11.7 Å². The molecule has 1 aromatic heterocycles. The van der Waals surface area contributed by atoms with Gasteiger partial charge < -0.3 is 5.11 Å². The Kier molecular flexibility index (Phi) is 1.96. The molecule has 1 heterocycles. The lowest BCUT2D eigenvalue weighted by Gasteiger charge is -2.19. The Hall–Kier alpha value is -0.340. The van der Waals surface area contributed by atoms with E-state index in [2.05, 4.69) is 11.4 Å². The summed E-state index contributed by atoms with van der Waals surface area (Å²) in [6.45, 7) is 0.323. The van der Waals surface area contributed by atoms with Crippen LogP contribution in [0.3, 0.4) is 0 Å². The number of rotatable bonds is 1. The molecule has 0 fully saturated rings. The highest BCUT2D eigenvalue weighted by molar-refractivity contribution is 7.10. The standard InChI is InChI=1S/C9H12OS/c10-6-7-2-1-3-9-8(7)4-5-11-9/h4-5,7,10H,1-3,6H2. The molecule has 0 aromatic carbocycles. The Bertz CT molecular complexity index is 241. The van der Waals surface area contributed by atoms with Gasteiger partial charge in [-0.05, 0) is 36.3 Å². The van der Waals surface area contributed by atoms with Crippen LogP contribution in [0.5, 0.6) is 0 Å². The van der Waals surface area contributed by atoms with Crippen molar-refractivity contribution in [1.82, 2.24) is 0 Å². The smallest absolute Gasteiger partial charge is 0.0500 e. The van der Waals surface area contributed by atoms with Gasteiger partial charge in [0, 0.05) is 17.4 Å². The van der Waals surface area contributed by atoms with Gasteiger partial charge in [0.05, 0.1) is 0 Å². The molecule has 1 atom stereocenters. The molecule has 1 unspecified atom stereocenters. The van der Waals surface area contributed by atoms with Crippen LogP contribution in [0.15, 0.2) is 11.4 Å². The molecule has 0 radical (unpaired) electrons. The van der Waals surface area contributed by atoms with Gasteiger partial charge in [0.15, 0.2) is 0 Å². The van der Waals surface area contributed by atoms with E-state index in [1.54, 1.807) is 0 Å². The summed E-state index contributed by atoms with van der Waals surface area (Å²) in [6, 6.07) is 2.17. The van der Waals surface area contributed by atoms with Crippen LogP contribution < -0.4 is 0 Å². The Balaban J connectivity index is 2.32. The summed E-state index contributed by atoms with van der Waals surface area (Å²) in [5, 5.41) is 11.2. The highest BCUT2D eigenvalue weighted by Gasteiger charge is 2.19. The Morgan fingerprint density at radius 3 is 3.36 bits per heavy atom. The maximum absolute atomic E-state index is 9.06. The van der Waals surface area contributed by atoms with Crippen molar-refractivity contribution in [1.29, 1.82) is 0 Å². The fraction of sp³-hybridized carbons (Fsp3) is 0.556. The van der Waals surface area contributed by atoms with Gasteiger partial charge in [-0.15, -0.1) is 11.3 Å². The molecular formula is C9H12OS. The van der Waals surface area contributed by atoms with Crippen molar-refractivity contribution in [2.45, 2.75) is 25.2 Å². The lowest BCUT2D eigenvalue weighted by Crippen LogP contribution is -2.10. The fourth-order valence-corrected chi connectivity index (χ4v) is 2.78. The van der Waals surface area contributed by atoms with Crippen LogP contribution >= 0.6 is 11.3 Å². The normalized spacial score (nSPS) is 23.2. The first-order valence-corrected chi connectivity index (χ1v) is 4.97. The van der Waals surface area contributed by atoms with E-state index in [1.807, 2.05) is 11.3 Å². The molecule has 0 amide bonds. The average molecular weight is 168 g/mol. The molecule has 0 bridgehead atoms. The van der Waals surface area contributed by atoms with Gasteiger partial charge in [0.2, 0.25) is 0 Å². The van der Waals surface area contributed by atoms with E-state index >= 15 is 0 Å². The molecule has 0 saturated heterocycles. The summed E-state index contributed by atoms with van der Waals surface area (Å²) in [5.74, 6) is 0.435. The number of fused-ring (bicyclic) bond motifs is 1. The van der Waals surface area contributed by atoms with Crippen molar-refractivity contribution >= 4 is 11.3 Å². The minimum Gasteiger partial charge on any atom is -0.396 e. The molecule has 2 rings (SSSR count). The first-order valence-electron chi connectivity index (χ1n) is 4.09. The van der Waals surface area contributed by atoms with Gasteiger partial charge in [0.25, 0.3) is 0 Å². The quantitative estimate of drug-likeness (QED) is 0.681. The Labute approximate surface area is 70.7 Å². The van der Waals surface area contributed by atoms with Crippen molar-refractivity contribution < 1.29 is 5.11 Å². The summed E-state index contributed by atoms with van der Waals surface area (Å²) in [4.78, 5) is 1.50. The van der Waals surface area contributed by atoms with Crippen molar-refractivity contribution in [3.05, 3.63) is 21.9 Å². The predicted octanol–water partition coefficient (Wildman–Crippen LogP) is 2.16. The minimum atomic E-state index is 0.323. The lowest BCUT2D eigenvalue weighted by atomic mass is 9.89. The molecule has 11 heavy (non-hydrogen) atoms. The number of aliphatic hydroxyl groups excluding tert-OH is 1. The second kappa shape index (κ2) is 2.95. The zero-order chi connectivity index (χ0) is 7.68. The average Bonchev–Trinajstić information content (AvgIpc) is 2.50. The predicted molar refractivity (Wildman–Crippen MR) is 47.1 cm³/mol. The van der Waals surface area contributed by atoms with E-state index in [0.29, 0.717) is 12.5 Å². The molecule has 1 nitrogen and oxygen atoms in total. The molecular weight excluding hydrogens is 156 g/mol. The maximum atomic E-state index is 9.06. The molecule has 1 aromatic rings. The highest BCUT2D eigenvalue weighted by atomic mass is 32.1. The molecule has 0 spiro atoms. The third kappa shape index (κ3) is 1.21. The Morgan fingerprint density at radius 1 is 1.64 bits per heavy atom. The van der Waals surface area contributed by atoms with E-state index in [1.165, 1.54) is 29.7 Å². The summed E-state index contributed by atoms with van der Waals surface area (Å²) >= 11 is 1.83. The summed E-state index contributed by atoms with van der Waals surface area (Å²) < 4.78 is 0. The molecule has 1 aliphatic rings. The highest BCUT2D eigenvalue weighted by Crippen LogP contribution is 2.34. The van der Waals surface area contributed by atoms with Crippen molar-refractivity contribution in [3.8, 4) is 0 Å². The van der Waals surface area contributed by atoms with Crippen LogP contribution in [-0.2, 0) is 6.42 Å². The second-order valence-electron chi connectivity index (χ2n) is 3.07. The van der Waals surface area contributed by atoms with E-state index in [-0.39, 0.29) is 0 Å². The molecule has 60 valence electrons. The van der Waals surface area contributed by atoms with E-state index in [0.717, 1.165) is 0 Å². The number of hydrogen-bond donors (Lipinski definition) is 1. The fourth-order valence-electron chi connectivity index (χ4n) is 1.77.